The molecule has 0 unspecified atom stereocenters. The van der Waals surface area contributed by atoms with Crippen LogP contribution >= 0.6 is 23.6 Å². The molecule has 1 aliphatic heterocycles. The fraction of sp³-hybridized carbons (Fsp3) is 0. The van der Waals surface area contributed by atoms with Crippen LogP contribution in [0.25, 0.3) is 16.2 Å². The maximum absolute atomic E-state index is 14.0. The lowest BCUT2D eigenvalue weighted by Gasteiger charge is -2.14. The van der Waals surface area contributed by atoms with Gasteiger partial charge in [-0.1, -0.05) is 30.3 Å². The first-order valence-electron chi connectivity index (χ1n) is 7.23. The van der Waals surface area contributed by atoms with Gasteiger partial charge in [-0.25, -0.2) is 9.29 Å². The summed E-state index contributed by atoms with van der Waals surface area (Å²) in [4.78, 5) is 13.9. The zero-order valence-corrected chi connectivity index (χ0v) is 14.0. The van der Waals surface area contributed by atoms with E-state index >= 15 is 0 Å². The van der Waals surface area contributed by atoms with Crippen LogP contribution in [0.1, 0.15) is 5.56 Å². The lowest BCUT2D eigenvalue weighted by Crippen LogP contribution is -2.31. The lowest BCUT2D eigenvalue weighted by atomic mass is 10.1. The molecular formula is C18H11FN2OS2. The molecule has 1 saturated heterocycles. The second-order valence-electron chi connectivity index (χ2n) is 5.27. The van der Waals surface area contributed by atoms with Crippen molar-refractivity contribution in [2.24, 2.45) is 0 Å². The summed E-state index contributed by atoms with van der Waals surface area (Å²) in [6.07, 6.45) is 1.76. The molecule has 0 bridgehead atoms. The normalized spacial score (nSPS) is 16.2. The highest BCUT2D eigenvalue weighted by Crippen LogP contribution is 2.29. The number of fused-ring (bicyclic) bond motifs is 1. The fourth-order valence-electron chi connectivity index (χ4n) is 2.65. The number of rotatable bonds is 2. The van der Waals surface area contributed by atoms with Crippen molar-refractivity contribution in [2.75, 3.05) is 4.90 Å². The minimum Gasteiger partial charge on any atom is -0.327 e. The van der Waals surface area contributed by atoms with Crippen LogP contribution in [0.4, 0.5) is 10.1 Å². The average molecular weight is 354 g/mol. The van der Waals surface area contributed by atoms with Gasteiger partial charge >= 0.3 is 0 Å². The second-order valence-corrected chi connectivity index (χ2v) is 6.57. The number of para-hydroxylation sites is 1. The summed E-state index contributed by atoms with van der Waals surface area (Å²) in [6, 6.07) is 14.0. The first kappa shape index (κ1) is 15.0. The van der Waals surface area contributed by atoms with Crippen LogP contribution < -0.4 is 10.2 Å². The summed E-state index contributed by atoms with van der Waals surface area (Å²) >= 11 is 6.83. The van der Waals surface area contributed by atoms with Crippen molar-refractivity contribution in [2.45, 2.75) is 0 Å². The van der Waals surface area contributed by atoms with Crippen molar-refractivity contribution < 1.29 is 9.18 Å². The van der Waals surface area contributed by atoms with Gasteiger partial charge in [-0.3, -0.25) is 4.79 Å². The third kappa shape index (κ3) is 2.40. The summed E-state index contributed by atoms with van der Waals surface area (Å²) in [5.41, 5.74) is 1.43. The summed E-state index contributed by atoms with van der Waals surface area (Å²) in [7, 11) is 0. The van der Waals surface area contributed by atoms with Gasteiger partial charge in [0.15, 0.2) is 5.11 Å². The molecular weight excluding hydrogens is 343 g/mol. The Bertz CT molecular complexity index is 1010. The summed E-state index contributed by atoms with van der Waals surface area (Å²) < 4.78 is 15.1. The first-order chi connectivity index (χ1) is 11.6. The molecule has 1 N–H and O–H groups in total. The van der Waals surface area contributed by atoms with Gasteiger partial charge < -0.3 is 5.32 Å². The monoisotopic (exact) mass is 354 g/mol. The van der Waals surface area contributed by atoms with Crippen LogP contribution in [-0.4, -0.2) is 11.0 Å². The molecule has 2 heterocycles. The van der Waals surface area contributed by atoms with Crippen molar-refractivity contribution in [1.29, 1.82) is 0 Å². The van der Waals surface area contributed by atoms with Gasteiger partial charge in [0, 0.05) is 4.70 Å². The molecule has 2 aromatic carbocycles. The molecule has 1 fully saturated rings. The molecule has 1 amide bonds. The van der Waals surface area contributed by atoms with Gasteiger partial charge in [0.2, 0.25) is 0 Å². The van der Waals surface area contributed by atoms with Crippen LogP contribution in [0.5, 0.6) is 0 Å². The van der Waals surface area contributed by atoms with Gasteiger partial charge in [-0.05, 0) is 52.8 Å². The van der Waals surface area contributed by atoms with E-state index in [2.05, 4.69) is 5.32 Å². The van der Waals surface area contributed by atoms with Crippen LogP contribution in [-0.2, 0) is 4.79 Å². The number of nitrogens with zero attached hydrogens (tertiary/aromatic N) is 1. The Hall–Kier alpha value is -2.57. The van der Waals surface area contributed by atoms with E-state index in [1.165, 1.54) is 17.0 Å². The van der Waals surface area contributed by atoms with Crippen LogP contribution in [0.2, 0.25) is 0 Å². The average Bonchev–Trinajstić information content (AvgIpc) is 3.11. The number of thiocarbonyl (C=S) groups is 1. The molecule has 24 heavy (non-hydrogen) atoms. The van der Waals surface area contributed by atoms with Crippen molar-refractivity contribution >= 4 is 56.4 Å². The zero-order chi connectivity index (χ0) is 16.7. The highest BCUT2D eigenvalue weighted by atomic mass is 32.1. The molecule has 0 radical (unpaired) electrons. The Labute approximate surface area is 147 Å². The predicted molar refractivity (Wildman–Crippen MR) is 99.4 cm³/mol. The molecule has 1 aromatic heterocycles. The first-order valence-corrected chi connectivity index (χ1v) is 8.52. The van der Waals surface area contributed by atoms with Crippen LogP contribution in [0.3, 0.4) is 0 Å². The van der Waals surface area contributed by atoms with Crippen LogP contribution in [0.15, 0.2) is 59.6 Å². The maximum Gasteiger partial charge on any atom is 0.281 e. The van der Waals surface area contributed by atoms with Gasteiger partial charge in [-0.2, -0.15) is 0 Å². The van der Waals surface area contributed by atoms with Crippen molar-refractivity contribution in [3.63, 3.8) is 0 Å². The molecule has 0 saturated carbocycles. The minimum absolute atomic E-state index is 0.151. The molecule has 0 spiro atoms. The predicted octanol–water partition coefficient (Wildman–Crippen LogP) is 4.30. The Kier molecular flexibility index (Phi) is 3.63. The van der Waals surface area contributed by atoms with E-state index in [9.17, 15) is 9.18 Å². The van der Waals surface area contributed by atoms with Gasteiger partial charge in [-0.15, -0.1) is 11.3 Å². The fourth-order valence-corrected chi connectivity index (χ4v) is 3.86. The van der Waals surface area contributed by atoms with Gasteiger partial charge in [0.25, 0.3) is 5.91 Å². The van der Waals surface area contributed by atoms with Gasteiger partial charge in [0.1, 0.15) is 11.5 Å². The standard InChI is InChI=1S/C18H11FN2OS2/c19-13-6-2-3-7-15(13)21-17(22)14(20-18(21)23)9-11-10-24-16-8-4-1-5-12(11)16/h1-10H,(H,20,23). The molecule has 6 heteroatoms. The molecule has 4 rings (SSSR count). The number of halogens is 1. The van der Waals surface area contributed by atoms with Crippen molar-refractivity contribution in [3.8, 4) is 0 Å². The minimum atomic E-state index is -0.489. The van der Waals surface area contributed by atoms with E-state index < -0.39 is 5.82 Å². The number of amides is 1. The largest absolute Gasteiger partial charge is 0.327 e. The van der Waals surface area contributed by atoms with Crippen molar-refractivity contribution in [1.82, 2.24) is 5.32 Å². The Morgan fingerprint density at radius 2 is 1.88 bits per heavy atom. The number of anilines is 1. The van der Waals surface area contributed by atoms with E-state index in [0.717, 1.165) is 15.6 Å². The third-order valence-corrected chi connectivity index (χ3v) is 5.05. The Balaban J connectivity index is 1.75. The number of nitrogens with one attached hydrogen (secondary N) is 1. The van der Waals surface area contributed by atoms with E-state index in [1.807, 2.05) is 29.6 Å². The highest BCUT2D eigenvalue weighted by molar-refractivity contribution is 7.80. The molecule has 0 aliphatic carbocycles. The number of hydrogen-bond acceptors (Lipinski definition) is 3. The summed E-state index contributed by atoms with van der Waals surface area (Å²) in [5.74, 6) is -0.849. The molecule has 0 atom stereocenters. The van der Waals surface area contributed by atoms with E-state index in [-0.39, 0.29) is 16.7 Å². The lowest BCUT2D eigenvalue weighted by molar-refractivity contribution is -0.113. The maximum atomic E-state index is 14.0. The number of carbonyl (C=O) groups excluding carboxylic acids is 1. The second kappa shape index (κ2) is 5.81. The smallest absolute Gasteiger partial charge is 0.281 e. The number of hydrogen-bond donors (Lipinski definition) is 1. The van der Waals surface area contributed by atoms with E-state index in [4.69, 9.17) is 12.2 Å². The Morgan fingerprint density at radius 1 is 1.12 bits per heavy atom. The molecule has 1 aliphatic rings. The quantitative estimate of drug-likeness (QED) is 0.550. The summed E-state index contributed by atoms with van der Waals surface area (Å²) in [5, 5.41) is 6.12. The highest BCUT2D eigenvalue weighted by Gasteiger charge is 2.33. The number of carbonyl (C=O) groups is 1. The topological polar surface area (TPSA) is 32.3 Å². The SMILES string of the molecule is O=C1C(=Cc2csc3ccccc23)NC(=S)N1c1ccccc1F. The zero-order valence-electron chi connectivity index (χ0n) is 12.3. The summed E-state index contributed by atoms with van der Waals surface area (Å²) in [6.45, 7) is 0. The molecule has 3 nitrogen and oxygen atoms in total. The number of thiophene rings is 1. The molecule has 118 valence electrons. The third-order valence-electron chi connectivity index (χ3n) is 3.78. The van der Waals surface area contributed by atoms with E-state index in [1.54, 1.807) is 29.5 Å². The van der Waals surface area contributed by atoms with Gasteiger partial charge in [0.05, 0.1) is 5.69 Å². The van der Waals surface area contributed by atoms with E-state index in [0.29, 0.717) is 5.70 Å². The van der Waals surface area contributed by atoms with Crippen molar-refractivity contribution in [3.05, 3.63) is 71.0 Å². The number of benzene rings is 2. The Morgan fingerprint density at radius 3 is 2.71 bits per heavy atom. The molecule has 3 aromatic rings. The van der Waals surface area contributed by atoms with Crippen LogP contribution in [0, 0.1) is 5.82 Å².